The van der Waals surface area contributed by atoms with Crippen molar-refractivity contribution in [3.8, 4) is 5.75 Å². The van der Waals surface area contributed by atoms with Crippen molar-refractivity contribution >= 4 is 0 Å². The molecule has 1 N–H and O–H groups in total. The highest BCUT2D eigenvalue weighted by atomic mass is 16.5. The molecular formula is C18H29NO2. The van der Waals surface area contributed by atoms with E-state index in [2.05, 4.69) is 11.8 Å². The summed E-state index contributed by atoms with van der Waals surface area (Å²) >= 11 is 0. The van der Waals surface area contributed by atoms with Crippen LogP contribution in [0.25, 0.3) is 0 Å². The summed E-state index contributed by atoms with van der Waals surface area (Å²) in [7, 11) is 0. The largest absolute Gasteiger partial charge is 0.494 e. The van der Waals surface area contributed by atoms with E-state index in [9.17, 15) is 5.11 Å². The normalized spacial score (nSPS) is 19.8. The van der Waals surface area contributed by atoms with Crippen LogP contribution in [0.5, 0.6) is 5.75 Å². The molecule has 0 aliphatic carbocycles. The Morgan fingerprint density at radius 2 is 1.71 bits per heavy atom. The first-order valence-corrected chi connectivity index (χ1v) is 8.34. The lowest BCUT2D eigenvalue weighted by atomic mass is 9.96. The van der Waals surface area contributed by atoms with Crippen LogP contribution in [0.3, 0.4) is 0 Å². The van der Waals surface area contributed by atoms with Gasteiger partial charge in [-0.25, -0.2) is 0 Å². The molecule has 1 aliphatic heterocycles. The Hall–Kier alpha value is -1.06. The van der Waals surface area contributed by atoms with Crippen LogP contribution in [-0.4, -0.2) is 36.2 Å². The zero-order chi connectivity index (χ0) is 15.1. The molecular weight excluding hydrogens is 262 g/mol. The van der Waals surface area contributed by atoms with E-state index in [4.69, 9.17) is 4.74 Å². The Kier molecular flexibility index (Phi) is 6.52. The number of rotatable bonds is 6. The van der Waals surface area contributed by atoms with Gasteiger partial charge in [-0.1, -0.05) is 31.9 Å². The van der Waals surface area contributed by atoms with Crippen LogP contribution in [0.15, 0.2) is 24.3 Å². The number of benzene rings is 1. The predicted molar refractivity (Wildman–Crippen MR) is 86.6 cm³/mol. The maximum absolute atomic E-state index is 10.5. The summed E-state index contributed by atoms with van der Waals surface area (Å²) in [5.74, 6) is 1.12. The molecule has 118 valence electrons. The Labute approximate surface area is 128 Å². The van der Waals surface area contributed by atoms with E-state index in [0.717, 1.165) is 17.9 Å². The van der Waals surface area contributed by atoms with Gasteiger partial charge in [-0.2, -0.15) is 0 Å². The third kappa shape index (κ3) is 5.01. The van der Waals surface area contributed by atoms with E-state index >= 15 is 0 Å². The number of aliphatic hydroxyl groups excluding tert-OH is 1. The smallest absolute Gasteiger partial charge is 0.119 e. The number of nitrogens with zero attached hydrogens (tertiary/aromatic N) is 1. The highest BCUT2D eigenvalue weighted by Gasteiger charge is 2.20. The van der Waals surface area contributed by atoms with E-state index < -0.39 is 6.10 Å². The van der Waals surface area contributed by atoms with Crippen LogP contribution in [0.2, 0.25) is 0 Å². The standard InChI is InChI=1S/C18H29NO2/c1-3-21-17-10-8-16(9-11-17)18(20)15(2)14-19-12-6-4-5-7-13-19/h8-11,15,18,20H,3-7,12-14H2,1-2H3/t15-,18+/m1/s1. The van der Waals surface area contributed by atoms with Gasteiger partial charge in [-0.3, -0.25) is 0 Å². The summed E-state index contributed by atoms with van der Waals surface area (Å²) in [5, 5.41) is 10.5. The predicted octanol–water partition coefficient (Wildman–Crippen LogP) is 3.63. The zero-order valence-electron chi connectivity index (χ0n) is 13.4. The van der Waals surface area contributed by atoms with Gasteiger partial charge < -0.3 is 14.7 Å². The van der Waals surface area contributed by atoms with Crippen molar-refractivity contribution in [2.24, 2.45) is 5.92 Å². The number of hydrogen-bond acceptors (Lipinski definition) is 3. The minimum atomic E-state index is -0.399. The summed E-state index contributed by atoms with van der Waals surface area (Å²) < 4.78 is 5.45. The van der Waals surface area contributed by atoms with Gasteiger partial charge in [0, 0.05) is 6.54 Å². The first-order chi connectivity index (χ1) is 10.2. The molecule has 1 saturated heterocycles. The van der Waals surface area contributed by atoms with Gasteiger partial charge >= 0.3 is 0 Å². The van der Waals surface area contributed by atoms with E-state index in [0.29, 0.717) is 6.61 Å². The molecule has 0 bridgehead atoms. The topological polar surface area (TPSA) is 32.7 Å². The Morgan fingerprint density at radius 1 is 1.10 bits per heavy atom. The van der Waals surface area contributed by atoms with Crippen LogP contribution in [0.4, 0.5) is 0 Å². The SMILES string of the molecule is CCOc1ccc([C@@H](O)[C@H](C)CN2CCCCCC2)cc1. The van der Waals surface area contributed by atoms with Crippen LogP contribution >= 0.6 is 0 Å². The van der Waals surface area contributed by atoms with Crippen molar-refractivity contribution in [1.29, 1.82) is 0 Å². The van der Waals surface area contributed by atoms with Gasteiger partial charge in [-0.15, -0.1) is 0 Å². The number of likely N-dealkylation sites (tertiary alicyclic amines) is 1. The fraction of sp³-hybridized carbons (Fsp3) is 0.667. The quantitative estimate of drug-likeness (QED) is 0.868. The van der Waals surface area contributed by atoms with Gasteiger partial charge in [-0.05, 0) is 56.5 Å². The molecule has 21 heavy (non-hydrogen) atoms. The maximum Gasteiger partial charge on any atom is 0.119 e. The molecule has 1 heterocycles. The fourth-order valence-corrected chi connectivity index (χ4v) is 3.08. The van der Waals surface area contributed by atoms with Crippen molar-refractivity contribution < 1.29 is 9.84 Å². The van der Waals surface area contributed by atoms with Gasteiger partial charge in [0.25, 0.3) is 0 Å². The number of aliphatic hydroxyl groups is 1. The molecule has 3 nitrogen and oxygen atoms in total. The first-order valence-electron chi connectivity index (χ1n) is 8.34. The highest BCUT2D eigenvalue weighted by molar-refractivity contribution is 5.28. The summed E-state index contributed by atoms with van der Waals surface area (Å²) in [5.41, 5.74) is 0.987. The van der Waals surface area contributed by atoms with Crippen molar-refractivity contribution in [2.75, 3.05) is 26.2 Å². The van der Waals surface area contributed by atoms with Gasteiger partial charge in [0.2, 0.25) is 0 Å². The van der Waals surface area contributed by atoms with E-state index in [1.54, 1.807) is 0 Å². The molecule has 1 fully saturated rings. The van der Waals surface area contributed by atoms with Crippen LogP contribution in [0, 0.1) is 5.92 Å². The van der Waals surface area contributed by atoms with E-state index in [1.165, 1.54) is 38.8 Å². The molecule has 3 heteroatoms. The Morgan fingerprint density at radius 3 is 2.29 bits per heavy atom. The average Bonchev–Trinajstić information content (AvgIpc) is 2.76. The lowest BCUT2D eigenvalue weighted by Crippen LogP contribution is -2.31. The van der Waals surface area contributed by atoms with E-state index in [1.807, 2.05) is 31.2 Å². The molecule has 2 atom stereocenters. The summed E-state index contributed by atoms with van der Waals surface area (Å²) in [6, 6.07) is 7.85. The number of hydrogen-bond donors (Lipinski definition) is 1. The summed E-state index contributed by atoms with van der Waals surface area (Å²) in [4.78, 5) is 2.51. The first kappa shape index (κ1) is 16.3. The molecule has 0 aromatic heterocycles. The Balaban J connectivity index is 1.89. The van der Waals surface area contributed by atoms with Gasteiger partial charge in [0.1, 0.15) is 5.75 Å². The van der Waals surface area contributed by atoms with Crippen molar-refractivity contribution in [3.63, 3.8) is 0 Å². The molecule has 1 aromatic carbocycles. The molecule has 1 aliphatic rings. The number of ether oxygens (including phenoxy) is 1. The van der Waals surface area contributed by atoms with Crippen molar-refractivity contribution in [1.82, 2.24) is 4.90 Å². The lowest BCUT2D eigenvalue weighted by Gasteiger charge is -2.27. The average molecular weight is 291 g/mol. The zero-order valence-corrected chi connectivity index (χ0v) is 13.4. The summed E-state index contributed by atoms with van der Waals surface area (Å²) in [6.07, 6.45) is 4.90. The molecule has 1 aromatic rings. The monoisotopic (exact) mass is 291 g/mol. The molecule has 0 unspecified atom stereocenters. The second-order valence-corrected chi connectivity index (χ2v) is 6.14. The summed E-state index contributed by atoms with van der Waals surface area (Å²) in [6.45, 7) is 8.14. The van der Waals surface area contributed by atoms with Crippen LogP contribution in [-0.2, 0) is 0 Å². The minimum absolute atomic E-state index is 0.251. The van der Waals surface area contributed by atoms with Gasteiger partial charge in [0.05, 0.1) is 12.7 Å². The molecule has 0 radical (unpaired) electrons. The third-order valence-corrected chi connectivity index (χ3v) is 4.32. The molecule has 0 spiro atoms. The van der Waals surface area contributed by atoms with Crippen molar-refractivity contribution in [3.05, 3.63) is 29.8 Å². The second kappa shape index (κ2) is 8.40. The van der Waals surface area contributed by atoms with Crippen LogP contribution < -0.4 is 4.74 Å². The Bertz CT molecular complexity index is 396. The highest BCUT2D eigenvalue weighted by Crippen LogP contribution is 2.25. The van der Waals surface area contributed by atoms with Crippen LogP contribution in [0.1, 0.15) is 51.2 Å². The molecule has 2 rings (SSSR count). The fourth-order valence-electron chi connectivity index (χ4n) is 3.08. The molecule has 0 saturated carbocycles. The third-order valence-electron chi connectivity index (χ3n) is 4.32. The van der Waals surface area contributed by atoms with E-state index in [-0.39, 0.29) is 5.92 Å². The second-order valence-electron chi connectivity index (χ2n) is 6.14. The maximum atomic E-state index is 10.5. The molecule has 0 amide bonds. The van der Waals surface area contributed by atoms with Crippen molar-refractivity contribution in [2.45, 2.75) is 45.6 Å². The van der Waals surface area contributed by atoms with Gasteiger partial charge in [0.15, 0.2) is 0 Å². The minimum Gasteiger partial charge on any atom is -0.494 e. The lowest BCUT2D eigenvalue weighted by molar-refractivity contribution is 0.0890.